The Morgan fingerprint density at radius 3 is 2.74 bits per heavy atom. The van der Waals surface area contributed by atoms with Gasteiger partial charge in [-0.2, -0.15) is 0 Å². The Labute approximate surface area is 233 Å². The zero-order valence-electron chi connectivity index (χ0n) is 20.7. The van der Waals surface area contributed by atoms with Crippen LogP contribution in [0.1, 0.15) is 48.5 Å². The lowest BCUT2D eigenvalue weighted by Gasteiger charge is -2.31. The molecule has 7 rings (SSSR count). The van der Waals surface area contributed by atoms with E-state index in [2.05, 4.69) is 10.1 Å². The number of rotatable bonds is 8. The number of fused-ring (bicyclic) bond motifs is 3. The molecule has 3 fully saturated rings. The number of piperidine rings is 1. The second-order valence-electron chi connectivity index (χ2n) is 10.4. The van der Waals surface area contributed by atoms with Gasteiger partial charge in [-0.3, -0.25) is 4.79 Å². The number of aromatic nitrogens is 2. The average molecular weight is 570 g/mol. The maximum Gasteiger partial charge on any atom is 0.298 e. The van der Waals surface area contributed by atoms with Crippen LogP contribution in [0.5, 0.6) is 5.75 Å². The SMILES string of the molecule is Cc1cc(OC=O)cc2sc(N3CC4CC3CC4OCc3c(-c4c(Cl)cccc4Cl)noc3C3CC3)nc12. The van der Waals surface area contributed by atoms with Crippen molar-refractivity contribution in [3.05, 3.63) is 57.3 Å². The molecule has 2 aromatic heterocycles. The predicted octanol–water partition coefficient (Wildman–Crippen LogP) is 7.16. The minimum absolute atomic E-state index is 0.163. The highest BCUT2D eigenvalue weighted by atomic mass is 35.5. The highest BCUT2D eigenvalue weighted by Gasteiger charge is 2.46. The van der Waals surface area contributed by atoms with Crippen LogP contribution < -0.4 is 9.64 Å². The van der Waals surface area contributed by atoms with E-state index in [1.807, 2.05) is 37.3 Å². The third kappa shape index (κ3) is 4.18. The van der Waals surface area contributed by atoms with Crippen LogP contribution in [0.2, 0.25) is 10.0 Å². The van der Waals surface area contributed by atoms with Crippen LogP contribution in [0.4, 0.5) is 5.13 Å². The van der Waals surface area contributed by atoms with Crippen LogP contribution in [0, 0.1) is 12.8 Å². The van der Waals surface area contributed by atoms with Gasteiger partial charge in [0.25, 0.3) is 6.47 Å². The molecule has 3 aliphatic rings. The quantitative estimate of drug-likeness (QED) is 0.208. The number of aryl methyl sites for hydroxylation is 1. The molecule has 38 heavy (non-hydrogen) atoms. The topological polar surface area (TPSA) is 77.7 Å². The lowest BCUT2D eigenvalue weighted by molar-refractivity contribution is -0.120. The molecule has 0 amide bonds. The second-order valence-corrected chi connectivity index (χ2v) is 12.3. The molecule has 2 aromatic carbocycles. The smallest absolute Gasteiger partial charge is 0.298 e. The number of hydrogen-bond donors (Lipinski definition) is 0. The van der Waals surface area contributed by atoms with Gasteiger partial charge in [-0.15, -0.1) is 0 Å². The van der Waals surface area contributed by atoms with Crippen molar-refractivity contribution < 1.29 is 18.8 Å². The van der Waals surface area contributed by atoms with Gasteiger partial charge in [0.2, 0.25) is 0 Å². The number of carbonyl (C=O) groups excluding carboxylic acids is 1. The minimum atomic E-state index is 0.163. The van der Waals surface area contributed by atoms with E-state index in [-0.39, 0.29) is 6.10 Å². The molecule has 1 saturated heterocycles. The summed E-state index contributed by atoms with van der Waals surface area (Å²) in [5.74, 6) is 2.28. The zero-order chi connectivity index (χ0) is 26.0. The van der Waals surface area contributed by atoms with Gasteiger partial charge in [-0.05, 0) is 56.4 Å². The molecular weight excluding hydrogens is 545 g/mol. The first kappa shape index (κ1) is 24.4. The van der Waals surface area contributed by atoms with Crippen LogP contribution in [-0.4, -0.2) is 35.3 Å². The van der Waals surface area contributed by atoms with Crippen molar-refractivity contribution in [3.8, 4) is 17.0 Å². The first-order valence-corrected chi connectivity index (χ1v) is 14.4. The van der Waals surface area contributed by atoms with Crippen molar-refractivity contribution in [1.82, 2.24) is 10.1 Å². The number of halogens is 2. The molecule has 2 saturated carbocycles. The molecule has 10 heteroatoms. The zero-order valence-corrected chi connectivity index (χ0v) is 23.0. The van der Waals surface area contributed by atoms with Crippen molar-refractivity contribution >= 4 is 56.4 Å². The molecule has 0 N–H and O–H groups in total. The standard InChI is InChI=1S/C28H25Cl2N3O4S/c1-14-7-18(36-13-34)10-23-25(14)31-28(38-23)33-11-16-8-17(33)9-22(16)35-12-19-26(32-37-27(19)15-5-6-15)24-20(29)3-2-4-21(24)30/h2-4,7,10,13,15-17,22H,5-6,8-9,11-12H2,1H3. The number of nitrogens with zero attached hydrogens (tertiary/aromatic N) is 3. The summed E-state index contributed by atoms with van der Waals surface area (Å²) in [6, 6.07) is 9.60. The Hall–Kier alpha value is -2.65. The summed E-state index contributed by atoms with van der Waals surface area (Å²) in [6.07, 6.45) is 4.40. The van der Waals surface area contributed by atoms with E-state index in [0.29, 0.717) is 58.0 Å². The number of benzene rings is 2. The Balaban J connectivity index is 1.08. The summed E-state index contributed by atoms with van der Waals surface area (Å²) in [5.41, 5.74) is 4.33. The van der Waals surface area contributed by atoms with Gasteiger partial charge in [0.05, 0.1) is 33.0 Å². The number of anilines is 1. The molecule has 3 heterocycles. The molecule has 0 radical (unpaired) electrons. The lowest BCUT2D eigenvalue weighted by atomic mass is 10.0. The first-order chi connectivity index (χ1) is 18.5. The molecule has 4 aromatic rings. The van der Waals surface area contributed by atoms with E-state index in [1.54, 1.807) is 11.3 Å². The summed E-state index contributed by atoms with van der Waals surface area (Å²) in [6.45, 7) is 3.80. The van der Waals surface area contributed by atoms with Gasteiger partial charge >= 0.3 is 0 Å². The van der Waals surface area contributed by atoms with E-state index in [9.17, 15) is 4.79 Å². The number of hydrogen-bond acceptors (Lipinski definition) is 8. The van der Waals surface area contributed by atoms with Crippen LogP contribution in [-0.2, 0) is 16.1 Å². The Kier molecular flexibility index (Phi) is 6.11. The van der Waals surface area contributed by atoms with Crippen LogP contribution in [0.15, 0.2) is 34.9 Å². The van der Waals surface area contributed by atoms with Crippen molar-refractivity contribution in [2.24, 2.45) is 5.92 Å². The molecule has 196 valence electrons. The minimum Gasteiger partial charge on any atom is -0.429 e. The predicted molar refractivity (Wildman–Crippen MR) is 147 cm³/mol. The Morgan fingerprint density at radius 2 is 2.03 bits per heavy atom. The van der Waals surface area contributed by atoms with Crippen molar-refractivity contribution in [1.29, 1.82) is 0 Å². The van der Waals surface area contributed by atoms with E-state index >= 15 is 0 Å². The van der Waals surface area contributed by atoms with E-state index < -0.39 is 0 Å². The van der Waals surface area contributed by atoms with Gasteiger partial charge < -0.3 is 18.9 Å². The monoisotopic (exact) mass is 569 g/mol. The second kappa shape index (κ2) is 9.52. The average Bonchev–Trinajstić information content (AvgIpc) is 3.21. The molecular formula is C28H25Cl2N3O4S. The normalized spacial score (nSPS) is 22.5. The van der Waals surface area contributed by atoms with Crippen LogP contribution in [0.3, 0.4) is 0 Å². The molecule has 2 aliphatic carbocycles. The van der Waals surface area contributed by atoms with Gasteiger partial charge in [-0.25, -0.2) is 4.98 Å². The fourth-order valence-corrected chi connectivity index (χ4v) is 7.71. The maximum atomic E-state index is 10.8. The molecule has 7 nitrogen and oxygen atoms in total. The third-order valence-corrected chi connectivity index (χ3v) is 9.63. The largest absolute Gasteiger partial charge is 0.429 e. The first-order valence-electron chi connectivity index (χ1n) is 12.8. The van der Waals surface area contributed by atoms with Crippen molar-refractivity contribution in [3.63, 3.8) is 0 Å². The Morgan fingerprint density at radius 1 is 1.21 bits per heavy atom. The van der Waals surface area contributed by atoms with Crippen LogP contribution >= 0.6 is 34.5 Å². The molecule has 3 unspecified atom stereocenters. The highest BCUT2D eigenvalue weighted by Crippen LogP contribution is 2.48. The third-order valence-electron chi connectivity index (χ3n) is 7.96. The maximum absolute atomic E-state index is 10.8. The molecule has 0 spiro atoms. The highest BCUT2D eigenvalue weighted by molar-refractivity contribution is 7.22. The summed E-state index contributed by atoms with van der Waals surface area (Å²) in [5, 5.41) is 6.52. The molecule has 3 atom stereocenters. The number of ether oxygens (including phenoxy) is 2. The number of thiazole rings is 1. The van der Waals surface area contributed by atoms with Gasteiger partial charge in [-0.1, -0.05) is 45.8 Å². The van der Waals surface area contributed by atoms with E-state index in [4.69, 9.17) is 42.2 Å². The van der Waals surface area contributed by atoms with Gasteiger partial charge in [0, 0.05) is 41.6 Å². The lowest BCUT2D eigenvalue weighted by Crippen LogP contribution is -2.38. The summed E-state index contributed by atoms with van der Waals surface area (Å²) in [4.78, 5) is 18.1. The summed E-state index contributed by atoms with van der Waals surface area (Å²) >= 11 is 14.7. The molecule has 1 aliphatic heterocycles. The van der Waals surface area contributed by atoms with Crippen molar-refractivity contribution in [2.75, 3.05) is 11.4 Å². The van der Waals surface area contributed by atoms with E-state index in [1.165, 1.54) is 0 Å². The van der Waals surface area contributed by atoms with Crippen LogP contribution in [0.25, 0.3) is 21.5 Å². The fourth-order valence-electron chi connectivity index (χ4n) is 5.98. The van der Waals surface area contributed by atoms with E-state index in [0.717, 1.165) is 64.5 Å². The Bertz CT molecular complexity index is 1530. The molecule has 2 bridgehead atoms. The van der Waals surface area contributed by atoms with Gasteiger partial charge in [0.1, 0.15) is 17.2 Å². The van der Waals surface area contributed by atoms with Crippen molar-refractivity contribution in [2.45, 2.75) is 57.3 Å². The fraction of sp³-hybridized carbons (Fsp3) is 0.393. The summed E-state index contributed by atoms with van der Waals surface area (Å²) in [7, 11) is 0. The summed E-state index contributed by atoms with van der Waals surface area (Å²) < 4.78 is 18.5. The van der Waals surface area contributed by atoms with Gasteiger partial charge in [0.15, 0.2) is 5.13 Å². The number of carbonyl (C=O) groups is 1.